The minimum absolute atomic E-state index is 0.00335. The summed E-state index contributed by atoms with van der Waals surface area (Å²) >= 11 is 6.16. The first kappa shape index (κ1) is 29.1. The third kappa shape index (κ3) is 7.55. The summed E-state index contributed by atoms with van der Waals surface area (Å²) in [5.74, 6) is -1.47. The van der Waals surface area contributed by atoms with Crippen LogP contribution >= 0.6 is 11.6 Å². The van der Waals surface area contributed by atoms with Gasteiger partial charge in [0.1, 0.15) is 18.4 Å². The zero-order valence-corrected chi connectivity index (χ0v) is 23.3. The second-order valence-electron chi connectivity index (χ2n) is 9.87. The van der Waals surface area contributed by atoms with E-state index in [4.69, 9.17) is 11.6 Å². The molecule has 0 spiro atoms. The minimum atomic E-state index is -4.18. The van der Waals surface area contributed by atoms with Crippen LogP contribution in [0, 0.1) is 5.82 Å². The molecule has 0 unspecified atom stereocenters. The zero-order valence-electron chi connectivity index (χ0n) is 21.7. The van der Waals surface area contributed by atoms with Gasteiger partial charge in [-0.3, -0.25) is 13.9 Å². The number of carbonyl (C=O) groups is 2. The highest BCUT2D eigenvalue weighted by Crippen LogP contribution is 2.27. The van der Waals surface area contributed by atoms with Gasteiger partial charge in [-0.05, 0) is 75.7 Å². The number of amides is 2. The summed E-state index contributed by atoms with van der Waals surface area (Å²) in [6.07, 6.45) is 0. The number of nitrogens with one attached hydrogen (secondary N) is 1. The van der Waals surface area contributed by atoms with E-state index < -0.39 is 45.8 Å². The molecule has 0 heterocycles. The lowest BCUT2D eigenvalue weighted by Crippen LogP contribution is -2.54. The Balaban J connectivity index is 2.02. The molecular weight excluding hydrogens is 529 g/mol. The van der Waals surface area contributed by atoms with E-state index in [1.165, 1.54) is 47.4 Å². The van der Waals surface area contributed by atoms with Gasteiger partial charge in [0, 0.05) is 17.1 Å². The van der Waals surface area contributed by atoms with E-state index in [2.05, 4.69) is 5.32 Å². The Hall–Kier alpha value is -3.43. The first-order valence-electron chi connectivity index (χ1n) is 12.0. The molecule has 0 fully saturated rings. The number of rotatable bonds is 9. The Labute approximate surface area is 228 Å². The predicted octanol–water partition coefficient (Wildman–Crippen LogP) is 5.01. The number of halogens is 2. The van der Waals surface area contributed by atoms with Crippen LogP contribution in [0.15, 0.2) is 83.8 Å². The van der Waals surface area contributed by atoms with Crippen molar-refractivity contribution in [2.75, 3.05) is 10.8 Å². The maximum Gasteiger partial charge on any atom is 0.264 e. The van der Waals surface area contributed by atoms with Crippen molar-refractivity contribution in [1.29, 1.82) is 0 Å². The van der Waals surface area contributed by atoms with E-state index in [-0.39, 0.29) is 17.1 Å². The lowest BCUT2D eigenvalue weighted by molar-refractivity contribution is -0.140. The van der Waals surface area contributed by atoms with E-state index in [0.29, 0.717) is 10.6 Å². The molecular formula is C28H31ClFN3O4S. The first-order valence-corrected chi connectivity index (χ1v) is 13.8. The Bertz CT molecular complexity index is 1380. The molecule has 3 aromatic rings. The normalized spacial score (nSPS) is 12.5. The van der Waals surface area contributed by atoms with Crippen LogP contribution in [0.3, 0.4) is 0 Å². The molecule has 3 rings (SSSR count). The molecule has 0 bridgehead atoms. The van der Waals surface area contributed by atoms with Crippen LogP contribution in [0.2, 0.25) is 5.02 Å². The molecule has 0 aliphatic rings. The van der Waals surface area contributed by atoms with Crippen molar-refractivity contribution in [1.82, 2.24) is 10.2 Å². The Morgan fingerprint density at radius 3 is 2.18 bits per heavy atom. The summed E-state index contributed by atoms with van der Waals surface area (Å²) in [6.45, 7) is 6.39. The van der Waals surface area contributed by atoms with Crippen LogP contribution in [0.5, 0.6) is 0 Å². The van der Waals surface area contributed by atoms with Gasteiger partial charge in [-0.25, -0.2) is 12.8 Å². The van der Waals surface area contributed by atoms with Gasteiger partial charge in [-0.2, -0.15) is 0 Å². The predicted molar refractivity (Wildman–Crippen MR) is 147 cm³/mol. The van der Waals surface area contributed by atoms with E-state index in [0.717, 1.165) is 4.31 Å². The molecule has 3 aromatic carbocycles. The molecule has 1 N–H and O–H groups in total. The van der Waals surface area contributed by atoms with Crippen molar-refractivity contribution in [3.05, 3.63) is 95.3 Å². The van der Waals surface area contributed by atoms with E-state index in [1.54, 1.807) is 43.3 Å². The van der Waals surface area contributed by atoms with Crippen LogP contribution in [-0.2, 0) is 26.2 Å². The topological polar surface area (TPSA) is 86.8 Å². The van der Waals surface area contributed by atoms with Gasteiger partial charge in [-0.15, -0.1) is 0 Å². The maximum atomic E-state index is 13.8. The first-order chi connectivity index (χ1) is 17.8. The van der Waals surface area contributed by atoms with Gasteiger partial charge in [-0.1, -0.05) is 48.0 Å². The Morgan fingerprint density at radius 2 is 1.61 bits per heavy atom. The summed E-state index contributed by atoms with van der Waals surface area (Å²) in [6, 6.07) is 18.5. The molecule has 0 aliphatic carbocycles. The highest BCUT2D eigenvalue weighted by atomic mass is 35.5. The molecule has 0 aromatic heterocycles. The fraction of sp³-hybridized carbons (Fsp3) is 0.286. The number of sulfonamides is 1. The summed E-state index contributed by atoms with van der Waals surface area (Å²) in [5.41, 5.74) is 0.220. The van der Waals surface area contributed by atoms with E-state index >= 15 is 0 Å². The Morgan fingerprint density at radius 1 is 0.974 bits per heavy atom. The quantitative estimate of drug-likeness (QED) is 0.399. The van der Waals surface area contributed by atoms with Gasteiger partial charge < -0.3 is 10.2 Å². The highest BCUT2D eigenvalue weighted by Gasteiger charge is 2.33. The van der Waals surface area contributed by atoms with Crippen LogP contribution in [0.1, 0.15) is 33.3 Å². The highest BCUT2D eigenvalue weighted by molar-refractivity contribution is 7.92. The number of carbonyl (C=O) groups excluding carboxylic acids is 2. The molecule has 0 aliphatic heterocycles. The van der Waals surface area contributed by atoms with Crippen molar-refractivity contribution in [2.24, 2.45) is 0 Å². The second-order valence-corrected chi connectivity index (χ2v) is 12.2. The standard InChI is InChI=1S/C28H31ClFN3O4S/c1-20(27(35)31-28(2,3)4)32(18-21-13-15-23(30)16-14-21)26(34)19-33(24-10-8-9-22(29)17-24)38(36,37)25-11-6-5-7-12-25/h5-17,20H,18-19H2,1-4H3,(H,31,35)/t20-/m0/s1. The number of nitrogens with zero attached hydrogens (tertiary/aromatic N) is 2. The number of hydrogen-bond donors (Lipinski definition) is 1. The molecule has 2 amide bonds. The number of anilines is 1. The number of benzene rings is 3. The molecule has 0 saturated heterocycles. The molecule has 202 valence electrons. The van der Waals surface area contributed by atoms with Crippen LogP contribution in [-0.4, -0.2) is 43.3 Å². The van der Waals surface area contributed by atoms with Crippen molar-refractivity contribution in [3.8, 4) is 0 Å². The minimum Gasteiger partial charge on any atom is -0.350 e. The lowest BCUT2D eigenvalue weighted by Gasteiger charge is -2.33. The van der Waals surface area contributed by atoms with Gasteiger partial charge >= 0.3 is 0 Å². The molecule has 38 heavy (non-hydrogen) atoms. The monoisotopic (exact) mass is 559 g/mol. The van der Waals surface area contributed by atoms with Crippen LogP contribution in [0.25, 0.3) is 0 Å². The van der Waals surface area contributed by atoms with E-state index in [1.807, 2.05) is 20.8 Å². The van der Waals surface area contributed by atoms with Crippen molar-refractivity contribution in [3.63, 3.8) is 0 Å². The average Bonchev–Trinajstić information content (AvgIpc) is 2.85. The zero-order chi connectivity index (χ0) is 28.1. The van der Waals surface area contributed by atoms with E-state index in [9.17, 15) is 22.4 Å². The van der Waals surface area contributed by atoms with Crippen molar-refractivity contribution < 1.29 is 22.4 Å². The fourth-order valence-corrected chi connectivity index (χ4v) is 5.33. The molecule has 1 atom stereocenters. The van der Waals surface area contributed by atoms with Crippen molar-refractivity contribution in [2.45, 2.75) is 50.7 Å². The third-order valence-corrected chi connectivity index (χ3v) is 7.66. The van der Waals surface area contributed by atoms with Crippen molar-refractivity contribution >= 4 is 39.1 Å². The van der Waals surface area contributed by atoms with Crippen LogP contribution in [0.4, 0.5) is 10.1 Å². The lowest BCUT2D eigenvalue weighted by atomic mass is 10.1. The smallest absolute Gasteiger partial charge is 0.264 e. The third-order valence-electron chi connectivity index (χ3n) is 5.64. The summed E-state index contributed by atoms with van der Waals surface area (Å²) in [5, 5.41) is 3.15. The average molecular weight is 560 g/mol. The van der Waals surface area contributed by atoms with Crippen LogP contribution < -0.4 is 9.62 Å². The maximum absolute atomic E-state index is 13.8. The molecule has 10 heteroatoms. The summed E-state index contributed by atoms with van der Waals surface area (Å²) in [7, 11) is -4.18. The van der Waals surface area contributed by atoms with Gasteiger partial charge in [0.05, 0.1) is 10.6 Å². The Kier molecular flexibility index (Phi) is 9.17. The molecule has 0 saturated carbocycles. The van der Waals surface area contributed by atoms with Gasteiger partial charge in [0.25, 0.3) is 10.0 Å². The van der Waals surface area contributed by atoms with Gasteiger partial charge in [0.15, 0.2) is 0 Å². The molecule has 7 nitrogen and oxygen atoms in total. The van der Waals surface area contributed by atoms with Gasteiger partial charge in [0.2, 0.25) is 11.8 Å². The fourth-order valence-electron chi connectivity index (χ4n) is 3.72. The summed E-state index contributed by atoms with van der Waals surface area (Å²) < 4.78 is 41.8. The summed E-state index contributed by atoms with van der Waals surface area (Å²) in [4.78, 5) is 28.1. The SMILES string of the molecule is C[C@@H](C(=O)NC(C)(C)C)N(Cc1ccc(F)cc1)C(=O)CN(c1cccc(Cl)c1)S(=O)(=O)c1ccccc1. The molecule has 0 radical (unpaired) electrons. The number of hydrogen-bond acceptors (Lipinski definition) is 4. The largest absolute Gasteiger partial charge is 0.350 e. The second kappa shape index (κ2) is 12.0.